The van der Waals surface area contributed by atoms with E-state index in [0.717, 1.165) is 29.1 Å². The average molecular weight is 542 g/mol. The number of benzene rings is 2. The van der Waals surface area contributed by atoms with Gasteiger partial charge in [0.25, 0.3) is 0 Å². The van der Waals surface area contributed by atoms with Crippen molar-refractivity contribution in [2.45, 2.75) is 102 Å². The number of methoxy groups -OCH3 is 2. The van der Waals surface area contributed by atoms with Crippen molar-refractivity contribution >= 4 is 26.5 Å². The van der Waals surface area contributed by atoms with E-state index in [9.17, 15) is 0 Å². The van der Waals surface area contributed by atoms with Gasteiger partial charge in [-0.05, 0) is 77.8 Å². The van der Waals surface area contributed by atoms with Gasteiger partial charge in [0.15, 0.2) is 0 Å². The maximum Gasteiger partial charge on any atom is 0.126 e. The van der Waals surface area contributed by atoms with Crippen molar-refractivity contribution < 1.29 is 9.47 Å². The first-order chi connectivity index (χ1) is 17.9. The second kappa shape index (κ2) is 13.8. The molecule has 2 saturated carbocycles. The third-order valence-electron chi connectivity index (χ3n) is 8.43. The van der Waals surface area contributed by atoms with Crippen molar-refractivity contribution in [1.29, 1.82) is 0 Å². The molecule has 2 aliphatic carbocycles. The van der Waals surface area contributed by atoms with Crippen molar-refractivity contribution in [3.05, 3.63) is 48.5 Å². The Labute approximate surface area is 229 Å². The van der Waals surface area contributed by atoms with E-state index < -0.39 is 7.92 Å². The minimum atomic E-state index is -0.687. The van der Waals surface area contributed by atoms with Gasteiger partial charge in [0.1, 0.15) is 11.5 Å². The Kier molecular flexibility index (Phi) is 10.7. The molecule has 0 aromatic heterocycles. The van der Waals surface area contributed by atoms with Crippen LogP contribution in [0.15, 0.2) is 48.5 Å². The summed E-state index contributed by atoms with van der Waals surface area (Å²) in [5, 5.41) is 2.64. The fraction of sp³-hybridized carbons (Fsp3) is 0.625. The lowest BCUT2D eigenvalue weighted by molar-refractivity contribution is 0.194. The summed E-state index contributed by atoms with van der Waals surface area (Å²) in [5.74, 6) is 1.99. The average Bonchev–Trinajstić information content (AvgIpc) is 2.93. The van der Waals surface area contributed by atoms with E-state index in [2.05, 4.69) is 74.2 Å². The van der Waals surface area contributed by atoms with Crippen LogP contribution in [0.1, 0.15) is 85.0 Å². The van der Waals surface area contributed by atoms with E-state index in [-0.39, 0.29) is 13.5 Å². The van der Waals surface area contributed by atoms with Gasteiger partial charge >= 0.3 is 0 Å². The lowest BCUT2D eigenvalue weighted by Crippen LogP contribution is -2.44. The molecule has 0 atom stereocenters. The molecule has 0 spiro atoms. The quantitative estimate of drug-likeness (QED) is 0.283. The van der Waals surface area contributed by atoms with Gasteiger partial charge < -0.3 is 9.47 Å². The molecule has 37 heavy (non-hydrogen) atoms. The zero-order valence-electron chi connectivity index (χ0n) is 23.9. The predicted octanol–water partition coefficient (Wildman–Crippen LogP) is 8.30. The van der Waals surface area contributed by atoms with Crippen LogP contribution < -0.4 is 20.1 Å². The van der Waals surface area contributed by atoms with Crippen molar-refractivity contribution in [3.8, 4) is 11.5 Å². The topological polar surface area (TPSA) is 21.7 Å². The number of nitrogens with zero attached hydrogens (tertiary/aromatic N) is 1. The van der Waals surface area contributed by atoms with E-state index in [1.807, 2.05) is 14.2 Å². The normalized spacial score (nSPS) is 18.1. The van der Waals surface area contributed by atoms with Gasteiger partial charge in [-0.15, -0.1) is 0 Å². The molecule has 0 amide bonds. The Balaban J connectivity index is 1.71. The number of ether oxygens (including phenoxy) is 2. The van der Waals surface area contributed by atoms with E-state index in [1.54, 1.807) is 0 Å². The molecule has 2 aromatic carbocycles. The monoisotopic (exact) mass is 541 g/mol. The molecule has 204 valence electrons. The number of hydrogen-bond donors (Lipinski definition) is 0. The largest absolute Gasteiger partial charge is 0.496 e. The molecule has 3 nitrogen and oxygen atoms in total. The van der Waals surface area contributed by atoms with Crippen LogP contribution in [0, 0.1) is 0 Å². The first-order valence-electron chi connectivity index (χ1n) is 14.5. The summed E-state index contributed by atoms with van der Waals surface area (Å²) in [4.78, 5) is 2.87. The summed E-state index contributed by atoms with van der Waals surface area (Å²) in [5.41, 5.74) is 2.02. The third kappa shape index (κ3) is 7.50. The molecule has 0 aliphatic heterocycles. The van der Waals surface area contributed by atoms with Crippen molar-refractivity contribution in [2.75, 3.05) is 26.8 Å². The second-order valence-corrected chi connectivity index (χ2v) is 16.7. The van der Waals surface area contributed by atoms with Crippen LogP contribution in [-0.4, -0.2) is 48.5 Å². The van der Waals surface area contributed by atoms with Gasteiger partial charge in [-0.25, -0.2) is 0 Å². The molecular formula is C32H49NO2P2. The molecule has 2 aromatic rings. The van der Waals surface area contributed by atoms with E-state index >= 15 is 0 Å². The first-order valence-corrected chi connectivity index (χ1v) is 17.7. The first kappa shape index (κ1) is 28.9. The lowest BCUT2D eigenvalue weighted by atomic mass is 9.99. The van der Waals surface area contributed by atoms with Crippen LogP contribution in [0.25, 0.3) is 0 Å². The van der Waals surface area contributed by atoms with Crippen LogP contribution in [0.2, 0.25) is 0 Å². The van der Waals surface area contributed by atoms with Gasteiger partial charge in [-0.3, -0.25) is 4.90 Å². The Morgan fingerprint density at radius 3 is 1.51 bits per heavy atom. The predicted molar refractivity (Wildman–Crippen MR) is 164 cm³/mol. The van der Waals surface area contributed by atoms with Crippen LogP contribution in [0.3, 0.4) is 0 Å². The van der Waals surface area contributed by atoms with Gasteiger partial charge in [-0.2, -0.15) is 0 Å². The highest BCUT2D eigenvalue weighted by Crippen LogP contribution is 2.57. The summed E-state index contributed by atoms with van der Waals surface area (Å²) < 4.78 is 11.8. The van der Waals surface area contributed by atoms with Crippen molar-refractivity contribution in [2.24, 2.45) is 0 Å². The van der Waals surface area contributed by atoms with Crippen molar-refractivity contribution in [1.82, 2.24) is 4.90 Å². The summed E-state index contributed by atoms with van der Waals surface area (Å²) in [6.07, 6.45) is 16.9. The molecule has 0 bridgehead atoms. The smallest absolute Gasteiger partial charge is 0.126 e. The van der Waals surface area contributed by atoms with Gasteiger partial charge in [0.2, 0.25) is 0 Å². The second-order valence-electron chi connectivity index (χ2n) is 11.9. The molecule has 0 unspecified atom stereocenters. The molecule has 0 heterocycles. The lowest BCUT2D eigenvalue weighted by Gasteiger charge is -2.46. The summed E-state index contributed by atoms with van der Waals surface area (Å²) >= 11 is 0. The summed E-state index contributed by atoms with van der Waals surface area (Å²) in [6, 6.07) is 17.3. The highest BCUT2D eigenvalue weighted by atomic mass is 31.1. The molecular weight excluding hydrogens is 492 g/mol. The van der Waals surface area contributed by atoms with E-state index in [4.69, 9.17) is 9.47 Å². The summed E-state index contributed by atoms with van der Waals surface area (Å²) in [7, 11) is 2.91. The van der Waals surface area contributed by atoms with Gasteiger partial charge in [0.05, 0.1) is 14.2 Å². The maximum atomic E-state index is 5.92. The van der Waals surface area contributed by atoms with Crippen LogP contribution >= 0.6 is 15.8 Å². The van der Waals surface area contributed by atoms with Crippen LogP contribution in [0.5, 0.6) is 11.5 Å². The molecule has 2 aliphatic rings. The molecule has 0 N–H and O–H groups in total. The van der Waals surface area contributed by atoms with Crippen molar-refractivity contribution in [3.63, 3.8) is 0 Å². The SMILES string of the molecule is COc1ccccc1P(CN(CP(C1CCCCC1)C1CCCCC1)C(C)(C)C)c1ccccc1OC. The van der Waals surface area contributed by atoms with Crippen LogP contribution in [0.4, 0.5) is 0 Å². The Hall–Kier alpha value is -1.14. The number of para-hydroxylation sites is 2. The fourth-order valence-electron chi connectivity index (χ4n) is 6.18. The van der Waals surface area contributed by atoms with E-state index in [1.165, 1.54) is 81.1 Å². The minimum Gasteiger partial charge on any atom is -0.496 e. The standard InChI is InChI=1S/C32H49NO2P2/c1-32(2,3)33(24-36(26-16-8-6-9-17-26)27-18-10-7-11-19-27)25-37(30-22-14-12-20-28(30)34-4)31-23-15-13-21-29(31)35-5/h12-15,20-23,26-27H,6-11,16-19,24-25H2,1-5H3. The molecule has 2 fully saturated rings. The highest BCUT2D eigenvalue weighted by molar-refractivity contribution is 7.73. The van der Waals surface area contributed by atoms with Gasteiger partial charge in [0, 0.05) is 28.7 Å². The van der Waals surface area contributed by atoms with E-state index in [0.29, 0.717) is 0 Å². The summed E-state index contributed by atoms with van der Waals surface area (Å²) in [6.45, 7) is 7.29. The zero-order valence-corrected chi connectivity index (χ0v) is 25.7. The molecule has 4 rings (SSSR count). The molecule has 5 heteroatoms. The Bertz CT molecular complexity index is 898. The number of rotatable bonds is 10. The maximum absolute atomic E-state index is 5.92. The Morgan fingerprint density at radius 2 is 1.11 bits per heavy atom. The fourth-order valence-corrected chi connectivity index (χ4v) is 13.2. The Morgan fingerprint density at radius 1 is 0.676 bits per heavy atom. The highest BCUT2D eigenvalue weighted by Gasteiger charge is 2.36. The third-order valence-corrected chi connectivity index (χ3v) is 14.5. The van der Waals surface area contributed by atoms with Gasteiger partial charge in [-0.1, -0.05) is 82.8 Å². The minimum absolute atomic E-state index is 0.0178. The number of hydrogen-bond acceptors (Lipinski definition) is 3. The zero-order chi connectivity index (χ0) is 26.3. The van der Waals surface area contributed by atoms with Crippen LogP contribution in [-0.2, 0) is 0 Å². The molecule has 0 radical (unpaired) electrons. The molecule has 0 saturated heterocycles.